The lowest BCUT2D eigenvalue weighted by Crippen LogP contribution is -2.29. The molecule has 2 heterocycles. The average molecular weight is 435 g/mol. The lowest BCUT2D eigenvalue weighted by molar-refractivity contribution is -0.115. The van der Waals surface area contributed by atoms with Gasteiger partial charge in [-0.15, -0.1) is 11.3 Å². The molecule has 0 spiro atoms. The van der Waals surface area contributed by atoms with Crippen molar-refractivity contribution in [1.82, 2.24) is 20.5 Å². The van der Waals surface area contributed by atoms with Gasteiger partial charge in [0, 0.05) is 22.9 Å². The number of H-pyrrole nitrogens is 1. The molecule has 1 amide bonds. The molecule has 158 valence electrons. The minimum atomic E-state index is -0.204. The van der Waals surface area contributed by atoms with Crippen LogP contribution in [0.25, 0.3) is 22.0 Å². The van der Waals surface area contributed by atoms with Crippen LogP contribution in [0, 0.1) is 0 Å². The first kappa shape index (κ1) is 20.7. The molecule has 31 heavy (non-hydrogen) atoms. The number of thiazole rings is 1. The molecule has 0 aliphatic heterocycles. The Morgan fingerprint density at radius 3 is 2.61 bits per heavy atom. The summed E-state index contributed by atoms with van der Waals surface area (Å²) in [5.74, 6) is 0.515. The van der Waals surface area contributed by atoms with E-state index in [1.54, 1.807) is 6.07 Å². The van der Waals surface area contributed by atoms with Crippen LogP contribution in [-0.2, 0) is 4.79 Å². The normalized spacial score (nSPS) is 10.8. The Morgan fingerprint density at radius 1 is 1.00 bits per heavy atom. The Hall–Kier alpha value is -3.56. The van der Waals surface area contributed by atoms with Gasteiger partial charge in [0.1, 0.15) is 0 Å². The van der Waals surface area contributed by atoms with E-state index in [1.807, 2.05) is 53.9 Å². The number of rotatable bonds is 9. The topological polar surface area (TPSA) is 112 Å². The van der Waals surface area contributed by atoms with E-state index in [0.717, 1.165) is 23.1 Å². The summed E-state index contributed by atoms with van der Waals surface area (Å²) >= 11 is 1.41. The van der Waals surface area contributed by atoms with Gasteiger partial charge in [-0.25, -0.2) is 10.1 Å². The van der Waals surface area contributed by atoms with E-state index < -0.39 is 0 Å². The van der Waals surface area contributed by atoms with Gasteiger partial charge in [0.2, 0.25) is 5.91 Å². The number of fused-ring (bicyclic) bond motifs is 1. The van der Waals surface area contributed by atoms with Crippen LogP contribution in [0.4, 0.5) is 10.9 Å². The summed E-state index contributed by atoms with van der Waals surface area (Å²) in [4.78, 5) is 28.4. The Balaban J connectivity index is 1.18. The van der Waals surface area contributed by atoms with Gasteiger partial charge in [0.25, 0.3) is 5.56 Å². The lowest BCUT2D eigenvalue weighted by Gasteiger charge is -2.08. The maximum Gasteiger partial charge on any atom is 0.272 e. The molecule has 0 aliphatic rings. The number of amides is 1. The predicted molar refractivity (Wildman–Crippen MR) is 125 cm³/mol. The Kier molecular flexibility index (Phi) is 6.65. The van der Waals surface area contributed by atoms with Gasteiger partial charge in [-0.2, -0.15) is 5.10 Å². The molecule has 0 radical (unpaired) electrons. The standard InChI is InChI=1S/C22H22N6O2S/c29-19(26-22-25-18(14-31-22)15-7-2-1-3-8-15)13-23-11-6-12-24-20-16-9-4-5-10-17(16)21(30)28-27-20/h1-5,7-10,14,23H,6,11-13H2,(H,24,27)(H,28,30)(H,25,26,29). The van der Waals surface area contributed by atoms with Gasteiger partial charge in [-0.1, -0.05) is 48.5 Å². The number of hydrogen-bond donors (Lipinski definition) is 4. The molecule has 4 aromatic rings. The average Bonchev–Trinajstić information content (AvgIpc) is 3.26. The summed E-state index contributed by atoms with van der Waals surface area (Å²) in [6.45, 7) is 1.53. The molecule has 0 saturated carbocycles. The number of nitrogens with one attached hydrogen (secondary N) is 4. The molecule has 9 heteroatoms. The molecule has 2 aromatic heterocycles. The van der Waals surface area contributed by atoms with Crippen molar-refractivity contribution in [2.45, 2.75) is 6.42 Å². The summed E-state index contributed by atoms with van der Waals surface area (Å²) in [6, 6.07) is 17.2. The van der Waals surface area contributed by atoms with Crippen LogP contribution in [0.2, 0.25) is 0 Å². The smallest absolute Gasteiger partial charge is 0.272 e. The summed E-state index contributed by atoms with van der Waals surface area (Å²) in [7, 11) is 0. The van der Waals surface area contributed by atoms with Crippen molar-refractivity contribution < 1.29 is 4.79 Å². The Bertz CT molecular complexity index is 1220. The fourth-order valence-corrected chi connectivity index (χ4v) is 3.84. The third-order valence-electron chi connectivity index (χ3n) is 4.62. The second-order valence-electron chi connectivity index (χ2n) is 6.86. The van der Waals surface area contributed by atoms with E-state index in [-0.39, 0.29) is 18.0 Å². The van der Waals surface area contributed by atoms with Crippen molar-refractivity contribution in [1.29, 1.82) is 0 Å². The lowest BCUT2D eigenvalue weighted by atomic mass is 10.2. The zero-order valence-electron chi connectivity index (χ0n) is 16.7. The number of aromatic nitrogens is 3. The van der Waals surface area contributed by atoms with Crippen molar-refractivity contribution in [3.05, 3.63) is 70.3 Å². The summed E-state index contributed by atoms with van der Waals surface area (Å²) in [6.07, 6.45) is 0.790. The first-order valence-corrected chi connectivity index (χ1v) is 10.8. The third kappa shape index (κ3) is 5.33. The fraction of sp³-hybridized carbons (Fsp3) is 0.182. The molecule has 8 nitrogen and oxygen atoms in total. The van der Waals surface area contributed by atoms with Gasteiger partial charge in [0.05, 0.1) is 17.6 Å². The number of carbonyl (C=O) groups is 1. The summed E-state index contributed by atoms with van der Waals surface area (Å²) in [5, 5.41) is 19.7. The Labute approximate surface area is 182 Å². The maximum atomic E-state index is 12.1. The molecule has 2 aromatic carbocycles. The molecule has 0 saturated heterocycles. The van der Waals surface area contributed by atoms with Crippen molar-refractivity contribution in [3.8, 4) is 11.3 Å². The van der Waals surface area contributed by atoms with Crippen LogP contribution >= 0.6 is 11.3 Å². The quantitative estimate of drug-likeness (QED) is 0.301. The number of anilines is 2. The molecule has 0 atom stereocenters. The molecule has 4 N–H and O–H groups in total. The highest BCUT2D eigenvalue weighted by Gasteiger charge is 2.08. The number of hydrogen-bond acceptors (Lipinski definition) is 7. The summed E-state index contributed by atoms with van der Waals surface area (Å²) < 4.78 is 0. The van der Waals surface area contributed by atoms with Crippen LogP contribution in [0.3, 0.4) is 0 Å². The molecule has 0 unspecified atom stereocenters. The first-order chi connectivity index (χ1) is 15.2. The highest BCUT2D eigenvalue weighted by atomic mass is 32.1. The highest BCUT2D eigenvalue weighted by Crippen LogP contribution is 2.24. The molecule has 4 rings (SSSR count). The van der Waals surface area contributed by atoms with E-state index in [2.05, 4.69) is 31.1 Å². The SMILES string of the molecule is O=C(CNCCCNc1n[nH]c(=O)c2ccccc12)Nc1nc(-c2ccccc2)cs1. The van der Waals surface area contributed by atoms with Gasteiger partial charge in [0.15, 0.2) is 10.9 Å². The van der Waals surface area contributed by atoms with E-state index in [9.17, 15) is 9.59 Å². The maximum absolute atomic E-state index is 12.1. The minimum absolute atomic E-state index is 0.129. The van der Waals surface area contributed by atoms with Crippen molar-refractivity contribution in [2.24, 2.45) is 0 Å². The van der Waals surface area contributed by atoms with E-state index in [1.165, 1.54) is 11.3 Å². The van der Waals surface area contributed by atoms with E-state index >= 15 is 0 Å². The van der Waals surface area contributed by atoms with Gasteiger partial charge < -0.3 is 16.0 Å². The van der Waals surface area contributed by atoms with Gasteiger partial charge in [-0.05, 0) is 19.0 Å². The van der Waals surface area contributed by atoms with E-state index in [4.69, 9.17) is 0 Å². The van der Waals surface area contributed by atoms with Crippen LogP contribution in [0.5, 0.6) is 0 Å². The molecule has 0 aliphatic carbocycles. The van der Waals surface area contributed by atoms with Crippen LogP contribution in [-0.4, -0.2) is 40.7 Å². The molecular weight excluding hydrogens is 412 g/mol. The zero-order valence-corrected chi connectivity index (χ0v) is 17.5. The van der Waals surface area contributed by atoms with Crippen LogP contribution in [0.15, 0.2) is 64.8 Å². The number of benzene rings is 2. The predicted octanol–water partition coefficient (Wildman–Crippen LogP) is 3.08. The number of aromatic amines is 1. The van der Waals surface area contributed by atoms with Crippen molar-refractivity contribution in [2.75, 3.05) is 30.3 Å². The second kappa shape index (κ2) is 9.96. The van der Waals surface area contributed by atoms with Crippen molar-refractivity contribution >= 4 is 39.0 Å². The zero-order chi connectivity index (χ0) is 21.5. The fourth-order valence-electron chi connectivity index (χ4n) is 3.11. The second-order valence-corrected chi connectivity index (χ2v) is 7.71. The molecule has 0 bridgehead atoms. The minimum Gasteiger partial charge on any atom is -0.368 e. The van der Waals surface area contributed by atoms with E-state index in [0.29, 0.717) is 29.4 Å². The van der Waals surface area contributed by atoms with Gasteiger partial charge >= 0.3 is 0 Å². The molecular formula is C22H22N6O2S. The monoisotopic (exact) mass is 434 g/mol. The largest absolute Gasteiger partial charge is 0.368 e. The molecule has 0 fully saturated rings. The van der Waals surface area contributed by atoms with Gasteiger partial charge in [-0.3, -0.25) is 9.59 Å². The summed E-state index contributed by atoms with van der Waals surface area (Å²) in [5.41, 5.74) is 1.67. The van der Waals surface area contributed by atoms with Crippen LogP contribution < -0.4 is 21.5 Å². The first-order valence-electron chi connectivity index (χ1n) is 9.93. The Morgan fingerprint density at radius 2 is 1.77 bits per heavy atom. The number of carbonyl (C=O) groups excluding carboxylic acids is 1. The third-order valence-corrected chi connectivity index (χ3v) is 5.38. The number of nitrogens with zero attached hydrogens (tertiary/aromatic N) is 2. The highest BCUT2D eigenvalue weighted by molar-refractivity contribution is 7.14. The van der Waals surface area contributed by atoms with Crippen LogP contribution in [0.1, 0.15) is 6.42 Å². The van der Waals surface area contributed by atoms with Crippen molar-refractivity contribution in [3.63, 3.8) is 0 Å².